The van der Waals surface area contributed by atoms with Crippen molar-refractivity contribution in [1.29, 1.82) is 0 Å². The maximum atomic E-state index is 5.59. The summed E-state index contributed by atoms with van der Waals surface area (Å²) >= 11 is 0. The molecule has 0 atom stereocenters. The van der Waals surface area contributed by atoms with Gasteiger partial charge >= 0.3 is 0 Å². The Hall–Kier alpha value is -0.870. The summed E-state index contributed by atoms with van der Waals surface area (Å²) in [5, 5.41) is 8.22. The normalized spacial score (nSPS) is 23.4. The predicted molar refractivity (Wildman–Crippen MR) is 77.2 cm³/mol. The molecule has 0 unspecified atom stereocenters. The molecule has 1 aromatic rings. The lowest BCUT2D eigenvalue weighted by molar-refractivity contribution is -0.0102. The second-order valence-corrected chi connectivity index (χ2v) is 6.55. The van der Waals surface area contributed by atoms with Gasteiger partial charge in [0.25, 0.3) is 0 Å². The third kappa shape index (κ3) is 3.57. The van der Waals surface area contributed by atoms with Crippen LogP contribution < -0.4 is 5.32 Å². The molecule has 1 fully saturated rings. The number of aromatic nitrogens is 2. The smallest absolute Gasteiger partial charge is 0.0722 e. The number of hydrogen-bond acceptors (Lipinski definition) is 3. The van der Waals surface area contributed by atoms with E-state index in [0.717, 1.165) is 26.0 Å². The Morgan fingerprint density at radius 2 is 2.11 bits per heavy atom. The molecule has 0 amide bonds. The van der Waals surface area contributed by atoms with Crippen molar-refractivity contribution >= 4 is 0 Å². The third-order valence-corrected chi connectivity index (χ3v) is 3.69. The highest BCUT2D eigenvalue weighted by Gasteiger charge is 2.29. The molecule has 0 radical (unpaired) electrons. The van der Waals surface area contributed by atoms with Gasteiger partial charge in [0.2, 0.25) is 0 Å². The Balaban J connectivity index is 1.87. The highest BCUT2D eigenvalue weighted by molar-refractivity contribution is 5.24. The van der Waals surface area contributed by atoms with Crippen LogP contribution >= 0.6 is 0 Å². The fourth-order valence-electron chi connectivity index (χ4n) is 2.66. The number of ether oxygens (including phenoxy) is 1. The molecule has 0 saturated heterocycles. The summed E-state index contributed by atoms with van der Waals surface area (Å²) in [5.41, 5.74) is 2.61. The molecule has 1 aromatic heterocycles. The van der Waals surface area contributed by atoms with Crippen LogP contribution in [0.25, 0.3) is 0 Å². The molecule has 1 heterocycles. The van der Waals surface area contributed by atoms with Crippen molar-refractivity contribution < 1.29 is 4.74 Å². The lowest BCUT2D eigenvalue weighted by Gasteiger charge is -2.35. The van der Waals surface area contributed by atoms with Crippen LogP contribution in [0.3, 0.4) is 0 Å². The van der Waals surface area contributed by atoms with Gasteiger partial charge < -0.3 is 10.1 Å². The molecule has 2 rings (SSSR count). The zero-order valence-corrected chi connectivity index (χ0v) is 12.9. The lowest BCUT2D eigenvalue weighted by atomic mass is 9.87. The second kappa shape index (κ2) is 5.63. The Labute approximate surface area is 116 Å². The van der Waals surface area contributed by atoms with Crippen LogP contribution in [0.4, 0.5) is 0 Å². The Morgan fingerprint density at radius 1 is 1.42 bits per heavy atom. The molecule has 4 nitrogen and oxygen atoms in total. The van der Waals surface area contributed by atoms with Gasteiger partial charge in [0.1, 0.15) is 0 Å². The number of nitrogens with zero attached hydrogens (tertiary/aromatic N) is 2. The van der Waals surface area contributed by atoms with Gasteiger partial charge in [-0.05, 0) is 19.8 Å². The quantitative estimate of drug-likeness (QED) is 0.888. The van der Waals surface area contributed by atoms with Crippen LogP contribution in [0.1, 0.15) is 51.8 Å². The van der Waals surface area contributed by atoms with Crippen LogP contribution in [-0.4, -0.2) is 28.5 Å². The van der Waals surface area contributed by atoms with E-state index in [1.54, 1.807) is 0 Å². The van der Waals surface area contributed by atoms with E-state index < -0.39 is 0 Å². The van der Waals surface area contributed by atoms with E-state index in [-0.39, 0.29) is 5.41 Å². The van der Waals surface area contributed by atoms with Crippen LogP contribution in [0.5, 0.6) is 0 Å². The number of rotatable bonds is 5. The molecule has 19 heavy (non-hydrogen) atoms. The minimum atomic E-state index is 0.103. The maximum absolute atomic E-state index is 5.59. The number of nitrogens with one attached hydrogen (secondary N) is 1. The minimum absolute atomic E-state index is 0.103. The highest BCUT2D eigenvalue weighted by atomic mass is 16.5. The summed E-state index contributed by atoms with van der Waals surface area (Å²) in [5.74, 6) is 0. The molecule has 4 heteroatoms. The minimum Gasteiger partial charge on any atom is -0.378 e. The van der Waals surface area contributed by atoms with Gasteiger partial charge in [0.15, 0.2) is 0 Å². The zero-order chi connectivity index (χ0) is 14.0. The molecule has 0 spiro atoms. The van der Waals surface area contributed by atoms with E-state index in [0.29, 0.717) is 12.1 Å². The SMILES string of the molecule is CCOC1CC(NCc2cn(C)nc2C(C)(C)C)C1. The van der Waals surface area contributed by atoms with Gasteiger partial charge in [0, 0.05) is 43.4 Å². The first-order chi connectivity index (χ1) is 8.90. The van der Waals surface area contributed by atoms with E-state index in [2.05, 4.69) is 44.3 Å². The lowest BCUT2D eigenvalue weighted by Crippen LogP contribution is -2.45. The zero-order valence-electron chi connectivity index (χ0n) is 12.9. The molecule has 0 aromatic carbocycles. The van der Waals surface area contributed by atoms with Crippen LogP contribution in [0.15, 0.2) is 6.20 Å². The van der Waals surface area contributed by atoms with Gasteiger partial charge in [0.05, 0.1) is 11.8 Å². The van der Waals surface area contributed by atoms with Crippen molar-refractivity contribution in [2.75, 3.05) is 6.61 Å². The fourth-order valence-corrected chi connectivity index (χ4v) is 2.66. The average molecular weight is 265 g/mol. The monoisotopic (exact) mass is 265 g/mol. The molecule has 1 N–H and O–H groups in total. The molecule has 108 valence electrons. The Kier molecular flexibility index (Phi) is 4.31. The van der Waals surface area contributed by atoms with Crippen LogP contribution in [0.2, 0.25) is 0 Å². The van der Waals surface area contributed by atoms with E-state index in [1.807, 2.05) is 11.7 Å². The average Bonchev–Trinajstić information content (AvgIpc) is 2.62. The fraction of sp³-hybridized carbons (Fsp3) is 0.800. The first-order valence-corrected chi connectivity index (χ1v) is 7.28. The third-order valence-electron chi connectivity index (χ3n) is 3.69. The number of hydrogen-bond donors (Lipinski definition) is 1. The highest BCUT2D eigenvalue weighted by Crippen LogP contribution is 2.26. The van der Waals surface area contributed by atoms with Gasteiger partial charge in [-0.3, -0.25) is 4.68 Å². The van der Waals surface area contributed by atoms with E-state index >= 15 is 0 Å². The summed E-state index contributed by atoms with van der Waals surface area (Å²) < 4.78 is 7.50. The molecule has 0 bridgehead atoms. The van der Waals surface area contributed by atoms with Crippen molar-refractivity contribution in [2.45, 2.75) is 64.6 Å². The number of aryl methyl sites for hydroxylation is 1. The predicted octanol–water partition coefficient (Wildman–Crippen LogP) is 2.37. The van der Waals surface area contributed by atoms with Crippen molar-refractivity contribution in [1.82, 2.24) is 15.1 Å². The topological polar surface area (TPSA) is 39.1 Å². The second-order valence-electron chi connectivity index (χ2n) is 6.55. The van der Waals surface area contributed by atoms with Crippen molar-refractivity contribution in [3.8, 4) is 0 Å². The molecule has 1 saturated carbocycles. The summed E-state index contributed by atoms with van der Waals surface area (Å²) in [6.07, 6.45) is 4.88. The first kappa shape index (κ1) is 14.5. The molecule has 1 aliphatic carbocycles. The van der Waals surface area contributed by atoms with Gasteiger partial charge in [-0.1, -0.05) is 20.8 Å². The standard InChI is InChI=1S/C15H27N3O/c1-6-19-13-7-12(8-13)16-9-11-10-18(5)17-14(11)15(2,3)4/h10,12-13,16H,6-9H2,1-5H3. The van der Waals surface area contributed by atoms with E-state index in [1.165, 1.54) is 11.3 Å². The molecule has 1 aliphatic rings. The van der Waals surface area contributed by atoms with Gasteiger partial charge in [-0.2, -0.15) is 5.10 Å². The Bertz CT molecular complexity index is 414. The first-order valence-electron chi connectivity index (χ1n) is 7.28. The summed E-state index contributed by atoms with van der Waals surface area (Å²) in [7, 11) is 1.99. The Morgan fingerprint density at radius 3 is 2.68 bits per heavy atom. The summed E-state index contributed by atoms with van der Waals surface area (Å²) in [4.78, 5) is 0. The van der Waals surface area contributed by atoms with Gasteiger partial charge in [-0.15, -0.1) is 0 Å². The van der Waals surface area contributed by atoms with Crippen molar-refractivity contribution in [2.24, 2.45) is 7.05 Å². The van der Waals surface area contributed by atoms with E-state index in [9.17, 15) is 0 Å². The van der Waals surface area contributed by atoms with Gasteiger partial charge in [-0.25, -0.2) is 0 Å². The largest absolute Gasteiger partial charge is 0.378 e. The van der Waals surface area contributed by atoms with Crippen LogP contribution in [0, 0.1) is 0 Å². The van der Waals surface area contributed by atoms with Crippen LogP contribution in [-0.2, 0) is 23.7 Å². The summed E-state index contributed by atoms with van der Waals surface area (Å²) in [6, 6.07) is 0.601. The van der Waals surface area contributed by atoms with Crippen molar-refractivity contribution in [3.63, 3.8) is 0 Å². The maximum Gasteiger partial charge on any atom is 0.0722 e. The molecular weight excluding hydrogens is 238 g/mol. The van der Waals surface area contributed by atoms with Crippen molar-refractivity contribution in [3.05, 3.63) is 17.5 Å². The molecule has 0 aliphatic heterocycles. The van der Waals surface area contributed by atoms with E-state index in [4.69, 9.17) is 4.74 Å². The summed E-state index contributed by atoms with van der Waals surface area (Å²) in [6.45, 7) is 10.4. The molecular formula is C15H27N3O.